The van der Waals surface area contributed by atoms with Crippen LogP contribution in [0.4, 0.5) is 0 Å². The van der Waals surface area contributed by atoms with Crippen molar-refractivity contribution in [1.82, 2.24) is 0 Å². The van der Waals surface area contributed by atoms with Gasteiger partial charge in [-0.3, -0.25) is 0 Å². The van der Waals surface area contributed by atoms with Crippen molar-refractivity contribution >= 4 is 6.08 Å². The highest BCUT2D eigenvalue weighted by molar-refractivity contribution is 5.49. The van der Waals surface area contributed by atoms with Crippen LogP contribution in [-0.4, -0.2) is 0 Å². The Bertz CT molecular complexity index is 682. The van der Waals surface area contributed by atoms with E-state index in [9.17, 15) is 0 Å². The molecule has 1 aliphatic carbocycles. The van der Waals surface area contributed by atoms with Gasteiger partial charge < -0.3 is 0 Å². The van der Waals surface area contributed by atoms with Crippen LogP contribution in [0.15, 0.2) is 54.6 Å². The average molecular weight is 361 g/mol. The Balaban J connectivity index is 1.48. The van der Waals surface area contributed by atoms with E-state index >= 15 is 0 Å². The molecule has 0 aliphatic heterocycles. The molecule has 144 valence electrons. The van der Waals surface area contributed by atoms with E-state index in [1.54, 1.807) is 5.56 Å². The van der Waals surface area contributed by atoms with Crippen molar-refractivity contribution in [2.24, 2.45) is 5.92 Å². The number of hydrogen-bond donors (Lipinski definition) is 0. The molecule has 0 unspecified atom stereocenters. The van der Waals surface area contributed by atoms with E-state index < -0.39 is 0 Å². The maximum atomic E-state index is 2.40. The molecule has 0 radical (unpaired) electrons. The summed E-state index contributed by atoms with van der Waals surface area (Å²) in [5.41, 5.74) is 5.77. The molecule has 1 fully saturated rings. The van der Waals surface area contributed by atoms with Crippen molar-refractivity contribution in [1.29, 1.82) is 0 Å². The SMILES string of the molecule is CCC=Cc1ccc(CCc2ccc(C3CCC(CCC)CC3)cc2)cc1. The normalized spacial score (nSPS) is 20.2. The Morgan fingerprint density at radius 2 is 1.37 bits per heavy atom. The molecule has 0 amide bonds. The molecule has 3 rings (SSSR count). The lowest BCUT2D eigenvalue weighted by Gasteiger charge is -2.28. The summed E-state index contributed by atoms with van der Waals surface area (Å²) in [4.78, 5) is 0. The largest absolute Gasteiger partial charge is 0.0842 e. The molecule has 0 heterocycles. The second-order valence-corrected chi connectivity index (χ2v) is 8.30. The Morgan fingerprint density at radius 1 is 0.778 bits per heavy atom. The lowest BCUT2D eigenvalue weighted by Crippen LogP contribution is -2.13. The third-order valence-electron chi connectivity index (χ3n) is 6.22. The fourth-order valence-corrected chi connectivity index (χ4v) is 4.49. The van der Waals surface area contributed by atoms with Gasteiger partial charge in [-0.25, -0.2) is 0 Å². The van der Waals surface area contributed by atoms with Crippen molar-refractivity contribution in [3.8, 4) is 0 Å². The Hall–Kier alpha value is -1.82. The van der Waals surface area contributed by atoms with E-state index in [0.717, 1.165) is 31.1 Å². The van der Waals surface area contributed by atoms with E-state index in [1.807, 2.05) is 0 Å². The molecule has 0 aromatic heterocycles. The third-order valence-corrected chi connectivity index (χ3v) is 6.22. The lowest BCUT2D eigenvalue weighted by molar-refractivity contribution is 0.308. The molecular formula is C27H36. The molecule has 27 heavy (non-hydrogen) atoms. The molecule has 0 bridgehead atoms. The van der Waals surface area contributed by atoms with Gasteiger partial charge in [0.25, 0.3) is 0 Å². The molecule has 2 aromatic rings. The summed E-state index contributed by atoms with van der Waals surface area (Å²) in [5, 5.41) is 0. The van der Waals surface area contributed by atoms with Crippen molar-refractivity contribution in [3.63, 3.8) is 0 Å². The van der Waals surface area contributed by atoms with Crippen LogP contribution in [0.25, 0.3) is 6.08 Å². The molecule has 2 aromatic carbocycles. The summed E-state index contributed by atoms with van der Waals surface area (Å²) >= 11 is 0. The zero-order valence-electron chi connectivity index (χ0n) is 17.3. The first kappa shape index (κ1) is 19.9. The standard InChI is InChI=1S/C27H36/c1-3-5-7-23-8-10-24(11-9-23)12-13-25-16-20-27(21-17-25)26-18-14-22(6-4-2)15-19-26/h5,7-11,16-17,20-22,26H,3-4,6,12-15,18-19H2,1-2H3. The lowest BCUT2D eigenvalue weighted by atomic mass is 9.77. The molecule has 1 aliphatic rings. The Morgan fingerprint density at radius 3 is 1.93 bits per heavy atom. The topological polar surface area (TPSA) is 0 Å². The summed E-state index contributed by atoms with van der Waals surface area (Å²) in [7, 11) is 0. The van der Waals surface area contributed by atoms with Gasteiger partial charge in [0, 0.05) is 0 Å². The van der Waals surface area contributed by atoms with Gasteiger partial charge in [0.2, 0.25) is 0 Å². The van der Waals surface area contributed by atoms with Crippen molar-refractivity contribution in [3.05, 3.63) is 76.9 Å². The highest BCUT2D eigenvalue weighted by Gasteiger charge is 2.21. The first-order valence-electron chi connectivity index (χ1n) is 11.1. The van der Waals surface area contributed by atoms with Gasteiger partial charge in [0.05, 0.1) is 0 Å². The van der Waals surface area contributed by atoms with E-state index in [-0.39, 0.29) is 0 Å². The van der Waals surface area contributed by atoms with Crippen molar-refractivity contribution < 1.29 is 0 Å². The summed E-state index contributed by atoms with van der Waals surface area (Å²) < 4.78 is 0. The van der Waals surface area contributed by atoms with Gasteiger partial charge in [-0.15, -0.1) is 0 Å². The van der Waals surface area contributed by atoms with E-state index in [0.29, 0.717) is 0 Å². The summed E-state index contributed by atoms with van der Waals surface area (Å²) in [5.74, 6) is 1.80. The predicted octanol–water partition coefficient (Wildman–Crippen LogP) is 7.97. The number of aryl methyl sites for hydroxylation is 2. The van der Waals surface area contributed by atoms with Crippen LogP contribution >= 0.6 is 0 Å². The van der Waals surface area contributed by atoms with Crippen LogP contribution in [0.3, 0.4) is 0 Å². The minimum absolute atomic E-state index is 0.802. The van der Waals surface area contributed by atoms with E-state index in [4.69, 9.17) is 0 Å². The predicted molar refractivity (Wildman–Crippen MR) is 119 cm³/mol. The van der Waals surface area contributed by atoms with Crippen LogP contribution in [0.5, 0.6) is 0 Å². The molecule has 0 saturated heterocycles. The molecule has 0 N–H and O–H groups in total. The minimum Gasteiger partial charge on any atom is -0.0842 e. The van der Waals surface area contributed by atoms with Crippen LogP contribution in [0.1, 0.15) is 87.0 Å². The van der Waals surface area contributed by atoms with Gasteiger partial charge in [0.15, 0.2) is 0 Å². The average Bonchev–Trinajstić information content (AvgIpc) is 2.73. The quantitative estimate of drug-likeness (QED) is 0.448. The zero-order chi connectivity index (χ0) is 18.9. The van der Waals surface area contributed by atoms with E-state index in [1.165, 1.54) is 55.2 Å². The third kappa shape index (κ3) is 6.09. The van der Waals surface area contributed by atoms with Gasteiger partial charge in [0.1, 0.15) is 0 Å². The second kappa shape index (κ2) is 10.5. The van der Waals surface area contributed by atoms with Crippen LogP contribution < -0.4 is 0 Å². The smallest absolute Gasteiger partial charge is 0.0162 e. The zero-order valence-corrected chi connectivity index (χ0v) is 17.3. The van der Waals surface area contributed by atoms with Gasteiger partial charge in [-0.2, -0.15) is 0 Å². The number of rotatable bonds is 8. The molecular weight excluding hydrogens is 324 g/mol. The summed E-state index contributed by atoms with van der Waals surface area (Å²) in [6.45, 7) is 4.50. The highest BCUT2D eigenvalue weighted by Crippen LogP contribution is 2.37. The first-order chi connectivity index (χ1) is 13.3. The monoisotopic (exact) mass is 360 g/mol. The van der Waals surface area contributed by atoms with Crippen LogP contribution in [0.2, 0.25) is 0 Å². The Labute approximate surface area is 166 Å². The summed E-state index contributed by atoms with van der Waals surface area (Å²) in [6, 6.07) is 18.6. The summed E-state index contributed by atoms with van der Waals surface area (Å²) in [6.07, 6.45) is 16.2. The molecule has 0 spiro atoms. The van der Waals surface area contributed by atoms with E-state index in [2.05, 4.69) is 74.5 Å². The number of benzene rings is 2. The maximum absolute atomic E-state index is 2.40. The van der Waals surface area contributed by atoms with Gasteiger partial charge in [-0.1, -0.05) is 87.4 Å². The Kier molecular flexibility index (Phi) is 7.75. The minimum atomic E-state index is 0.802. The van der Waals surface area contributed by atoms with Gasteiger partial charge >= 0.3 is 0 Å². The molecule has 1 saturated carbocycles. The second-order valence-electron chi connectivity index (χ2n) is 8.30. The van der Waals surface area contributed by atoms with Crippen LogP contribution in [0, 0.1) is 5.92 Å². The van der Waals surface area contributed by atoms with Crippen LogP contribution in [-0.2, 0) is 12.8 Å². The fraction of sp³-hybridized carbons (Fsp3) is 0.481. The number of hydrogen-bond acceptors (Lipinski definition) is 0. The molecule has 0 nitrogen and oxygen atoms in total. The first-order valence-corrected chi connectivity index (χ1v) is 11.1. The van der Waals surface area contributed by atoms with Crippen molar-refractivity contribution in [2.45, 2.75) is 77.6 Å². The maximum Gasteiger partial charge on any atom is -0.0162 e. The molecule has 0 heteroatoms. The highest BCUT2D eigenvalue weighted by atomic mass is 14.3. The molecule has 0 atom stereocenters. The number of allylic oxidation sites excluding steroid dienone is 1. The fourth-order valence-electron chi connectivity index (χ4n) is 4.49. The van der Waals surface area contributed by atoms with Gasteiger partial charge in [-0.05, 0) is 79.0 Å². The van der Waals surface area contributed by atoms with Crippen molar-refractivity contribution in [2.75, 3.05) is 0 Å².